The molecular weight excluding hydrogens is 430 g/mol. The van der Waals surface area contributed by atoms with Gasteiger partial charge in [-0.15, -0.1) is 0 Å². The Hall–Kier alpha value is -4.34. The number of carbonyl (C=O) groups excluding carboxylic acids is 1. The molecule has 0 radical (unpaired) electrons. The molecule has 33 heavy (non-hydrogen) atoms. The van der Waals surface area contributed by atoms with Crippen LogP contribution in [0.5, 0.6) is 11.6 Å². The number of benzene rings is 2. The van der Waals surface area contributed by atoms with Crippen molar-refractivity contribution in [2.24, 2.45) is 0 Å². The highest BCUT2D eigenvalue weighted by atomic mass is 19.1. The molecule has 0 saturated heterocycles. The van der Waals surface area contributed by atoms with Crippen LogP contribution in [0.2, 0.25) is 0 Å². The highest BCUT2D eigenvalue weighted by Crippen LogP contribution is 2.24. The van der Waals surface area contributed by atoms with Gasteiger partial charge >= 0.3 is 6.03 Å². The number of nitrogens with zero attached hydrogens (tertiary/aromatic N) is 4. The summed E-state index contributed by atoms with van der Waals surface area (Å²) in [6, 6.07) is 10.3. The lowest BCUT2D eigenvalue weighted by molar-refractivity contribution is 0.262. The van der Waals surface area contributed by atoms with Crippen LogP contribution in [-0.4, -0.2) is 25.6 Å². The molecule has 2 amide bonds. The number of halogens is 2. The molecule has 2 aromatic carbocycles. The van der Waals surface area contributed by atoms with Gasteiger partial charge in [0.1, 0.15) is 35.4 Å². The van der Waals surface area contributed by atoms with Crippen LogP contribution in [0.4, 0.5) is 25.0 Å². The standard InChI is InChI=1S/C23H20F2N6O2/c1-13-14(2)31(12-26-13)21-11-22(28-15(3)27-21)33-18-7-5-17(6-8-18)29-23(32)30-20-10-16(24)4-9-19(20)25/h4-12H,1-3H3,(H2,29,30,32). The van der Waals surface area contributed by atoms with Crippen LogP contribution in [0, 0.1) is 32.4 Å². The number of aromatic nitrogens is 4. The molecule has 0 unspecified atom stereocenters. The first kappa shape index (κ1) is 21.9. The summed E-state index contributed by atoms with van der Waals surface area (Å²) >= 11 is 0. The van der Waals surface area contributed by atoms with Gasteiger partial charge in [0.25, 0.3) is 0 Å². The van der Waals surface area contributed by atoms with Crippen LogP contribution in [-0.2, 0) is 0 Å². The Morgan fingerprint density at radius 2 is 1.73 bits per heavy atom. The molecule has 2 N–H and O–H groups in total. The number of anilines is 2. The number of imidazole rings is 1. The zero-order valence-corrected chi connectivity index (χ0v) is 18.1. The van der Waals surface area contributed by atoms with Crippen LogP contribution >= 0.6 is 0 Å². The molecule has 0 saturated carbocycles. The van der Waals surface area contributed by atoms with Gasteiger partial charge in [0, 0.05) is 23.5 Å². The number of amides is 2. The third-order valence-electron chi connectivity index (χ3n) is 4.81. The van der Waals surface area contributed by atoms with Crippen molar-refractivity contribution in [3.8, 4) is 17.4 Å². The van der Waals surface area contributed by atoms with Crippen LogP contribution in [0.15, 0.2) is 54.9 Å². The normalized spacial score (nSPS) is 10.7. The Balaban J connectivity index is 1.44. The van der Waals surface area contributed by atoms with Crippen molar-refractivity contribution < 1.29 is 18.3 Å². The van der Waals surface area contributed by atoms with Crippen LogP contribution < -0.4 is 15.4 Å². The smallest absolute Gasteiger partial charge is 0.323 e. The Morgan fingerprint density at radius 3 is 2.42 bits per heavy atom. The lowest BCUT2D eigenvalue weighted by Crippen LogP contribution is -2.20. The lowest BCUT2D eigenvalue weighted by atomic mass is 10.3. The average molecular weight is 450 g/mol. The van der Waals surface area contributed by atoms with E-state index in [0.29, 0.717) is 29.0 Å². The first-order valence-electron chi connectivity index (χ1n) is 9.96. The SMILES string of the molecule is Cc1nc(Oc2ccc(NC(=O)Nc3cc(F)ccc3F)cc2)cc(-n2cnc(C)c2C)n1. The van der Waals surface area contributed by atoms with Gasteiger partial charge in [0.15, 0.2) is 0 Å². The Kier molecular flexibility index (Phi) is 5.99. The minimum Gasteiger partial charge on any atom is -0.439 e. The highest BCUT2D eigenvalue weighted by molar-refractivity contribution is 5.99. The van der Waals surface area contributed by atoms with Crippen molar-refractivity contribution in [3.05, 3.63) is 83.7 Å². The topological polar surface area (TPSA) is 94.0 Å². The van der Waals surface area contributed by atoms with Crippen molar-refractivity contribution in [2.45, 2.75) is 20.8 Å². The highest BCUT2D eigenvalue weighted by Gasteiger charge is 2.11. The molecule has 0 atom stereocenters. The van der Waals surface area contributed by atoms with E-state index in [-0.39, 0.29) is 5.69 Å². The van der Waals surface area contributed by atoms with Gasteiger partial charge < -0.3 is 15.4 Å². The number of rotatable bonds is 5. The second kappa shape index (κ2) is 9.03. The number of aryl methyl sites for hydroxylation is 2. The van der Waals surface area contributed by atoms with E-state index in [2.05, 4.69) is 25.6 Å². The summed E-state index contributed by atoms with van der Waals surface area (Å²) in [4.78, 5) is 25.1. The largest absolute Gasteiger partial charge is 0.439 e. The number of ether oxygens (including phenoxy) is 1. The minimum absolute atomic E-state index is 0.259. The first-order chi connectivity index (χ1) is 15.8. The van der Waals surface area contributed by atoms with Gasteiger partial charge in [0.2, 0.25) is 5.88 Å². The fourth-order valence-electron chi connectivity index (χ4n) is 3.04. The van der Waals surface area contributed by atoms with E-state index in [9.17, 15) is 13.6 Å². The number of urea groups is 1. The lowest BCUT2D eigenvalue weighted by Gasteiger charge is -2.11. The molecule has 0 fully saturated rings. The van der Waals surface area contributed by atoms with Crippen molar-refractivity contribution in [1.29, 1.82) is 0 Å². The molecule has 168 valence electrons. The van der Waals surface area contributed by atoms with Crippen LogP contribution in [0.1, 0.15) is 17.2 Å². The quantitative estimate of drug-likeness (QED) is 0.430. The minimum atomic E-state index is -0.740. The number of hydrogen-bond acceptors (Lipinski definition) is 5. The molecule has 4 aromatic rings. The predicted octanol–water partition coefficient (Wildman–Crippen LogP) is 5.30. The van der Waals surface area contributed by atoms with Gasteiger partial charge in [-0.3, -0.25) is 4.57 Å². The molecule has 8 nitrogen and oxygen atoms in total. The maximum Gasteiger partial charge on any atom is 0.323 e. The number of nitrogens with one attached hydrogen (secondary N) is 2. The second-order valence-corrected chi connectivity index (χ2v) is 7.23. The summed E-state index contributed by atoms with van der Waals surface area (Å²) in [5, 5.41) is 4.81. The molecular formula is C23H20F2N6O2. The van der Waals surface area contributed by atoms with Crippen molar-refractivity contribution in [3.63, 3.8) is 0 Å². The molecule has 0 spiro atoms. The summed E-state index contributed by atoms with van der Waals surface area (Å²) < 4.78 is 34.6. The fraction of sp³-hybridized carbons (Fsp3) is 0.130. The summed E-state index contributed by atoms with van der Waals surface area (Å²) in [7, 11) is 0. The van der Waals surface area contributed by atoms with Gasteiger partial charge in [0.05, 0.1) is 11.4 Å². The average Bonchev–Trinajstić information content (AvgIpc) is 3.10. The monoisotopic (exact) mass is 450 g/mol. The predicted molar refractivity (Wildman–Crippen MR) is 119 cm³/mol. The summed E-state index contributed by atoms with van der Waals surface area (Å²) in [6.07, 6.45) is 1.69. The van der Waals surface area contributed by atoms with E-state index < -0.39 is 17.7 Å². The first-order valence-corrected chi connectivity index (χ1v) is 9.96. The van der Waals surface area contributed by atoms with E-state index >= 15 is 0 Å². The molecule has 2 aromatic heterocycles. The van der Waals surface area contributed by atoms with E-state index in [1.165, 1.54) is 0 Å². The van der Waals surface area contributed by atoms with Gasteiger partial charge in [-0.05, 0) is 57.2 Å². The second-order valence-electron chi connectivity index (χ2n) is 7.23. The van der Waals surface area contributed by atoms with Crippen molar-refractivity contribution in [2.75, 3.05) is 10.6 Å². The molecule has 0 aliphatic carbocycles. The molecule has 0 aliphatic rings. The molecule has 4 rings (SSSR count). The third-order valence-corrected chi connectivity index (χ3v) is 4.81. The van der Waals surface area contributed by atoms with E-state index in [0.717, 1.165) is 29.6 Å². The molecule has 0 aliphatic heterocycles. The van der Waals surface area contributed by atoms with E-state index in [4.69, 9.17) is 4.74 Å². The van der Waals surface area contributed by atoms with Crippen molar-refractivity contribution in [1.82, 2.24) is 19.5 Å². The Bertz CT molecular complexity index is 1320. The maximum absolute atomic E-state index is 13.7. The molecule has 0 bridgehead atoms. The summed E-state index contributed by atoms with van der Waals surface area (Å²) in [5.74, 6) is 0.608. The Morgan fingerprint density at radius 1 is 0.970 bits per heavy atom. The van der Waals surface area contributed by atoms with Crippen LogP contribution in [0.3, 0.4) is 0 Å². The molecule has 10 heteroatoms. The van der Waals surface area contributed by atoms with Crippen molar-refractivity contribution >= 4 is 17.4 Å². The van der Waals surface area contributed by atoms with Gasteiger partial charge in [-0.2, -0.15) is 4.98 Å². The maximum atomic E-state index is 13.7. The molecule has 2 heterocycles. The van der Waals surface area contributed by atoms with E-state index in [1.54, 1.807) is 43.6 Å². The number of hydrogen-bond donors (Lipinski definition) is 2. The van der Waals surface area contributed by atoms with Gasteiger partial charge in [-0.1, -0.05) is 0 Å². The van der Waals surface area contributed by atoms with E-state index in [1.807, 2.05) is 18.4 Å². The summed E-state index contributed by atoms with van der Waals surface area (Å²) in [6.45, 7) is 5.63. The zero-order valence-electron chi connectivity index (χ0n) is 18.1. The number of carbonyl (C=O) groups is 1. The summed E-state index contributed by atoms with van der Waals surface area (Å²) in [5.41, 5.74) is 2.04. The van der Waals surface area contributed by atoms with Crippen LogP contribution in [0.25, 0.3) is 5.82 Å². The Labute approximate surface area is 188 Å². The fourth-order valence-corrected chi connectivity index (χ4v) is 3.04. The zero-order chi connectivity index (χ0) is 23.5. The van der Waals surface area contributed by atoms with Gasteiger partial charge in [-0.25, -0.2) is 23.5 Å². The third kappa shape index (κ3) is 5.12.